The summed E-state index contributed by atoms with van der Waals surface area (Å²) in [7, 11) is 0. The molecular formula is C19H15F4N3O2. The first-order valence-corrected chi connectivity index (χ1v) is 8.28. The summed E-state index contributed by atoms with van der Waals surface area (Å²) in [6.07, 6.45) is 2.57. The number of anilines is 1. The van der Waals surface area contributed by atoms with Crippen molar-refractivity contribution in [1.29, 1.82) is 0 Å². The molecule has 0 spiro atoms. The number of carbonyl (C=O) groups is 1. The van der Waals surface area contributed by atoms with Gasteiger partial charge in [-0.15, -0.1) is 0 Å². The van der Waals surface area contributed by atoms with Gasteiger partial charge in [-0.05, 0) is 19.1 Å². The number of hydrogen-bond acceptors (Lipinski definition) is 3. The fraction of sp³-hybridized carbons (Fsp3) is 0.158. The minimum atomic E-state index is -1.76. The molecule has 0 aliphatic heterocycles. The zero-order valence-electron chi connectivity index (χ0n) is 14.7. The summed E-state index contributed by atoms with van der Waals surface area (Å²) in [6, 6.07) is 6.90. The number of rotatable bonds is 6. The fourth-order valence-electron chi connectivity index (χ4n) is 2.56. The monoisotopic (exact) mass is 393 g/mol. The molecule has 28 heavy (non-hydrogen) atoms. The number of nitrogens with zero attached hydrogens (tertiary/aromatic N) is 2. The number of hydrogen-bond donors (Lipinski definition) is 1. The Balaban J connectivity index is 1.77. The van der Waals surface area contributed by atoms with E-state index in [0.717, 1.165) is 4.68 Å². The van der Waals surface area contributed by atoms with Crippen LogP contribution >= 0.6 is 0 Å². The van der Waals surface area contributed by atoms with Crippen LogP contribution in [-0.2, 0) is 6.54 Å². The maximum absolute atomic E-state index is 13.8. The van der Waals surface area contributed by atoms with E-state index in [1.807, 2.05) is 0 Å². The third kappa shape index (κ3) is 3.98. The van der Waals surface area contributed by atoms with Crippen LogP contribution < -0.4 is 10.1 Å². The molecule has 0 atom stereocenters. The Kier molecular flexibility index (Phi) is 5.62. The van der Waals surface area contributed by atoms with Crippen molar-refractivity contribution in [3.63, 3.8) is 0 Å². The first-order chi connectivity index (χ1) is 13.4. The van der Waals surface area contributed by atoms with Crippen molar-refractivity contribution in [2.45, 2.75) is 13.5 Å². The van der Waals surface area contributed by atoms with Crippen molar-refractivity contribution in [2.75, 3.05) is 11.9 Å². The highest BCUT2D eigenvalue weighted by Gasteiger charge is 2.20. The Morgan fingerprint density at radius 3 is 2.64 bits per heavy atom. The molecule has 3 rings (SSSR count). The number of aromatic nitrogens is 2. The van der Waals surface area contributed by atoms with E-state index in [0.29, 0.717) is 17.9 Å². The summed E-state index contributed by atoms with van der Waals surface area (Å²) in [5, 5.41) is 6.46. The van der Waals surface area contributed by atoms with Crippen LogP contribution in [0.4, 0.5) is 23.2 Å². The van der Waals surface area contributed by atoms with E-state index in [1.165, 1.54) is 12.4 Å². The SMILES string of the molecule is CCOc1ccccc1C(=O)Nc1cnn(Cc2c(F)cc(F)c(F)c2F)c1. The first kappa shape index (κ1) is 19.4. The van der Waals surface area contributed by atoms with Crippen LogP contribution in [0.5, 0.6) is 5.75 Å². The number of para-hydroxylation sites is 1. The third-order valence-electron chi connectivity index (χ3n) is 3.85. The molecule has 0 saturated heterocycles. The smallest absolute Gasteiger partial charge is 0.259 e. The standard InChI is InChI=1S/C19H15F4N3O2/c1-2-28-16-6-4-3-5-12(16)19(27)25-11-8-24-26(9-11)10-13-14(20)7-15(21)18(23)17(13)22/h3-9H,2,10H2,1H3,(H,25,27). The molecule has 9 heteroatoms. The van der Waals surface area contributed by atoms with Crippen LogP contribution in [0, 0.1) is 23.3 Å². The minimum absolute atomic E-state index is 0.250. The molecule has 1 heterocycles. The maximum Gasteiger partial charge on any atom is 0.259 e. The van der Waals surface area contributed by atoms with Gasteiger partial charge in [-0.1, -0.05) is 12.1 Å². The summed E-state index contributed by atoms with van der Waals surface area (Å²) in [6.45, 7) is 1.68. The van der Waals surface area contributed by atoms with Gasteiger partial charge in [-0.25, -0.2) is 17.6 Å². The molecule has 0 bridgehead atoms. The summed E-state index contributed by atoms with van der Waals surface area (Å²) >= 11 is 0. The van der Waals surface area contributed by atoms with Crippen LogP contribution in [0.15, 0.2) is 42.7 Å². The molecule has 3 aromatic rings. The van der Waals surface area contributed by atoms with E-state index < -0.39 is 41.3 Å². The van der Waals surface area contributed by atoms with Crippen molar-refractivity contribution in [2.24, 2.45) is 0 Å². The van der Waals surface area contributed by atoms with Crippen LogP contribution in [-0.4, -0.2) is 22.3 Å². The molecular weight excluding hydrogens is 378 g/mol. The van der Waals surface area contributed by atoms with Gasteiger partial charge >= 0.3 is 0 Å². The highest BCUT2D eigenvalue weighted by Crippen LogP contribution is 2.22. The lowest BCUT2D eigenvalue weighted by molar-refractivity contribution is 0.102. The van der Waals surface area contributed by atoms with Gasteiger partial charge in [0.25, 0.3) is 5.91 Å². The summed E-state index contributed by atoms with van der Waals surface area (Å²) in [5.41, 5.74) is -0.129. The Bertz CT molecular complexity index is 1020. The van der Waals surface area contributed by atoms with Crippen molar-refractivity contribution in [1.82, 2.24) is 9.78 Å². The lowest BCUT2D eigenvalue weighted by Gasteiger charge is -2.09. The molecule has 0 radical (unpaired) electrons. The molecule has 146 valence electrons. The van der Waals surface area contributed by atoms with Crippen LogP contribution in [0.25, 0.3) is 0 Å². The second kappa shape index (κ2) is 8.12. The molecule has 2 aromatic carbocycles. The molecule has 0 fully saturated rings. The van der Waals surface area contributed by atoms with Gasteiger partial charge in [0, 0.05) is 17.8 Å². The number of amides is 1. The molecule has 0 saturated carbocycles. The number of halogens is 4. The molecule has 1 aromatic heterocycles. The zero-order valence-corrected chi connectivity index (χ0v) is 14.7. The second-order valence-electron chi connectivity index (χ2n) is 5.76. The van der Waals surface area contributed by atoms with Gasteiger partial charge in [0.1, 0.15) is 11.6 Å². The largest absolute Gasteiger partial charge is 0.493 e. The van der Waals surface area contributed by atoms with E-state index in [2.05, 4.69) is 10.4 Å². The van der Waals surface area contributed by atoms with Crippen molar-refractivity contribution in [3.8, 4) is 5.75 Å². The van der Waals surface area contributed by atoms with Crippen LogP contribution in [0.2, 0.25) is 0 Å². The fourth-order valence-corrected chi connectivity index (χ4v) is 2.56. The summed E-state index contributed by atoms with van der Waals surface area (Å²) in [5.74, 6) is -6.29. The van der Waals surface area contributed by atoms with E-state index in [1.54, 1.807) is 31.2 Å². The Hall–Kier alpha value is -3.36. The lowest BCUT2D eigenvalue weighted by Crippen LogP contribution is -2.13. The first-order valence-electron chi connectivity index (χ1n) is 8.28. The van der Waals surface area contributed by atoms with Crippen molar-refractivity contribution < 1.29 is 27.1 Å². The molecule has 0 aliphatic carbocycles. The summed E-state index contributed by atoms with van der Waals surface area (Å²) in [4.78, 5) is 12.4. The second-order valence-corrected chi connectivity index (χ2v) is 5.76. The predicted octanol–water partition coefficient (Wildman–Crippen LogP) is 4.14. The number of benzene rings is 2. The highest BCUT2D eigenvalue weighted by atomic mass is 19.2. The van der Waals surface area contributed by atoms with Gasteiger partial charge in [0.2, 0.25) is 0 Å². The molecule has 1 N–H and O–H groups in total. The Labute approximate surface area is 157 Å². The highest BCUT2D eigenvalue weighted by molar-refractivity contribution is 6.06. The van der Waals surface area contributed by atoms with Gasteiger partial charge in [0.15, 0.2) is 17.5 Å². The molecule has 0 unspecified atom stereocenters. The maximum atomic E-state index is 13.8. The Morgan fingerprint density at radius 1 is 1.14 bits per heavy atom. The normalized spacial score (nSPS) is 10.8. The predicted molar refractivity (Wildman–Crippen MR) is 93.2 cm³/mol. The van der Waals surface area contributed by atoms with E-state index in [-0.39, 0.29) is 11.8 Å². The van der Waals surface area contributed by atoms with Gasteiger partial charge < -0.3 is 10.1 Å². The quantitative estimate of drug-likeness (QED) is 0.389. The third-order valence-corrected chi connectivity index (χ3v) is 3.85. The van der Waals surface area contributed by atoms with Gasteiger partial charge in [-0.2, -0.15) is 5.10 Å². The average Bonchev–Trinajstić information content (AvgIpc) is 3.11. The van der Waals surface area contributed by atoms with E-state index in [9.17, 15) is 22.4 Å². The lowest BCUT2D eigenvalue weighted by atomic mass is 10.2. The number of carbonyl (C=O) groups excluding carboxylic acids is 1. The average molecular weight is 393 g/mol. The molecule has 5 nitrogen and oxygen atoms in total. The molecule has 1 amide bonds. The Morgan fingerprint density at radius 2 is 1.89 bits per heavy atom. The van der Waals surface area contributed by atoms with E-state index in [4.69, 9.17) is 4.74 Å². The number of ether oxygens (including phenoxy) is 1. The van der Waals surface area contributed by atoms with Crippen LogP contribution in [0.1, 0.15) is 22.8 Å². The van der Waals surface area contributed by atoms with Gasteiger partial charge in [-0.3, -0.25) is 9.48 Å². The topological polar surface area (TPSA) is 56.1 Å². The van der Waals surface area contributed by atoms with Crippen LogP contribution in [0.3, 0.4) is 0 Å². The van der Waals surface area contributed by atoms with Gasteiger partial charge in [0.05, 0.1) is 30.6 Å². The van der Waals surface area contributed by atoms with Crippen molar-refractivity contribution in [3.05, 3.63) is 77.1 Å². The molecule has 0 aliphatic rings. The van der Waals surface area contributed by atoms with Crippen molar-refractivity contribution >= 4 is 11.6 Å². The zero-order chi connectivity index (χ0) is 20.3. The van der Waals surface area contributed by atoms with E-state index >= 15 is 0 Å². The number of nitrogens with one attached hydrogen (secondary N) is 1. The summed E-state index contributed by atoms with van der Waals surface area (Å²) < 4.78 is 60.4. The minimum Gasteiger partial charge on any atom is -0.493 e.